The van der Waals surface area contributed by atoms with Crippen LogP contribution in [0.2, 0.25) is 0 Å². The van der Waals surface area contributed by atoms with E-state index in [1.54, 1.807) is 0 Å². The molecule has 0 aliphatic carbocycles. The van der Waals surface area contributed by atoms with Gasteiger partial charge in [0.25, 0.3) is 0 Å². The van der Waals surface area contributed by atoms with Crippen molar-refractivity contribution < 1.29 is 5.11 Å². The molecule has 0 heterocycles. The molecule has 5 aromatic rings. The number of phenolic OH excluding ortho intramolecular Hbond substituents is 1. The summed E-state index contributed by atoms with van der Waals surface area (Å²) in [7, 11) is 0. The van der Waals surface area contributed by atoms with Gasteiger partial charge in [-0.1, -0.05) is 54.6 Å². The van der Waals surface area contributed by atoms with Crippen LogP contribution in [0.4, 0.5) is 0 Å². The van der Waals surface area contributed by atoms with E-state index in [4.69, 9.17) is 0 Å². The lowest BCUT2D eigenvalue weighted by Crippen LogP contribution is -1.86. The molecule has 0 radical (unpaired) electrons. The molecule has 0 aliphatic rings. The number of hydrogen-bond donors (Lipinski definition) is 1. The van der Waals surface area contributed by atoms with Crippen molar-refractivity contribution in [1.29, 1.82) is 0 Å². The van der Waals surface area contributed by atoms with Gasteiger partial charge in [-0.05, 0) is 44.5 Å². The third-order valence-corrected chi connectivity index (χ3v) is 4.47. The van der Waals surface area contributed by atoms with Crippen LogP contribution in [0.1, 0.15) is 0 Å². The van der Waals surface area contributed by atoms with Crippen LogP contribution in [0.25, 0.3) is 43.1 Å². The van der Waals surface area contributed by atoms with Gasteiger partial charge < -0.3 is 5.11 Å². The van der Waals surface area contributed by atoms with Gasteiger partial charge >= 0.3 is 0 Å². The monoisotopic (exact) mass is 268 g/mol. The van der Waals surface area contributed by atoms with Crippen LogP contribution in [-0.2, 0) is 0 Å². The minimum absolute atomic E-state index is 0.358. The molecule has 0 aliphatic heterocycles. The highest BCUT2D eigenvalue weighted by Crippen LogP contribution is 2.42. The molecule has 21 heavy (non-hydrogen) atoms. The lowest BCUT2D eigenvalue weighted by Gasteiger charge is -2.14. The molecule has 0 amide bonds. The maximum atomic E-state index is 10.4. The van der Waals surface area contributed by atoms with Crippen LogP contribution in [-0.4, -0.2) is 5.11 Å². The fourth-order valence-corrected chi connectivity index (χ4v) is 3.55. The fourth-order valence-electron chi connectivity index (χ4n) is 3.55. The maximum absolute atomic E-state index is 10.4. The van der Waals surface area contributed by atoms with Crippen LogP contribution in [0.3, 0.4) is 0 Å². The number of fused-ring (bicyclic) bond motifs is 2. The largest absolute Gasteiger partial charge is 0.507 e. The van der Waals surface area contributed by atoms with Crippen LogP contribution >= 0.6 is 0 Å². The van der Waals surface area contributed by atoms with Crippen LogP contribution < -0.4 is 0 Å². The first-order valence-corrected chi connectivity index (χ1v) is 7.11. The van der Waals surface area contributed by atoms with Crippen molar-refractivity contribution in [3.8, 4) is 5.75 Å². The Labute approximate surface area is 121 Å². The average Bonchev–Trinajstić information content (AvgIpc) is 2.53. The second kappa shape index (κ2) is 3.64. The van der Waals surface area contributed by atoms with Crippen LogP contribution in [0.15, 0.2) is 66.7 Å². The van der Waals surface area contributed by atoms with Crippen molar-refractivity contribution in [2.45, 2.75) is 0 Å². The van der Waals surface area contributed by atoms with Crippen LogP contribution in [0, 0.1) is 0 Å². The average molecular weight is 268 g/mol. The summed E-state index contributed by atoms with van der Waals surface area (Å²) in [6.45, 7) is 0. The third-order valence-electron chi connectivity index (χ3n) is 4.47. The molecule has 0 saturated carbocycles. The first-order chi connectivity index (χ1) is 10.3. The summed E-state index contributed by atoms with van der Waals surface area (Å²) in [5.74, 6) is 0.358. The van der Waals surface area contributed by atoms with E-state index in [1.165, 1.54) is 32.3 Å². The Morgan fingerprint density at radius 3 is 2.29 bits per heavy atom. The van der Waals surface area contributed by atoms with Crippen molar-refractivity contribution >= 4 is 43.1 Å². The fraction of sp³-hybridized carbons (Fsp3) is 0. The number of phenols is 1. The molecule has 5 aromatic carbocycles. The number of rotatable bonds is 0. The van der Waals surface area contributed by atoms with Gasteiger partial charge in [-0.15, -0.1) is 0 Å². The molecule has 0 unspecified atom stereocenters. The smallest absolute Gasteiger partial charge is 0.124 e. The molecule has 0 spiro atoms. The lowest BCUT2D eigenvalue weighted by atomic mass is 9.90. The second-order valence-corrected chi connectivity index (χ2v) is 5.61. The van der Waals surface area contributed by atoms with Gasteiger partial charge in [-0.2, -0.15) is 0 Å². The van der Waals surface area contributed by atoms with E-state index in [2.05, 4.69) is 48.5 Å². The minimum atomic E-state index is 0.358. The molecule has 1 heteroatoms. The molecule has 0 aromatic heterocycles. The normalized spacial score (nSPS) is 12.0. The summed E-state index contributed by atoms with van der Waals surface area (Å²) in [5.41, 5.74) is 0. The van der Waals surface area contributed by atoms with E-state index >= 15 is 0 Å². The molecule has 0 atom stereocenters. The quantitative estimate of drug-likeness (QED) is 0.293. The SMILES string of the molecule is Oc1cc2cccc3ccc4c5ccccc5cc1c4c32. The second-order valence-electron chi connectivity index (χ2n) is 5.61. The maximum Gasteiger partial charge on any atom is 0.124 e. The first kappa shape index (κ1) is 10.9. The molecule has 5 rings (SSSR count). The summed E-state index contributed by atoms with van der Waals surface area (Å²) in [4.78, 5) is 0. The Morgan fingerprint density at radius 1 is 0.524 bits per heavy atom. The molecule has 1 N–H and O–H groups in total. The molecule has 0 fully saturated rings. The zero-order valence-electron chi connectivity index (χ0n) is 11.3. The van der Waals surface area contributed by atoms with E-state index < -0.39 is 0 Å². The van der Waals surface area contributed by atoms with Gasteiger partial charge in [0.05, 0.1) is 0 Å². The van der Waals surface area contributed by atoms with E-state index in [0.29, 0.717) is 5.75 Å². The Balaban J connectivity index is 2.25. The summed E-state index contributed by atoms with van der Waals surface area (Å²) >= 11 is 0. The zero-order valence-corrected chi connectivity index (χ0v) is 11.3. The molecular weight excluding hydrogens is 256 g/mol. The van der Waals surface area contributed by atoms with E-state index in [1.807, 2.05) is 18.2 Å². The number of benzene rings is 5. The van der Waals surface area contributed by atoms with Gasteiger partial charge in [0.1, 0.15) is 5.75 Å². The first-order valence-electron chi connectivity index (χ1n) is 7.11. The highest BCUT2D eigenvalue weighted by atomic mass is 16.3. The highest BCUT2D eigenvalue weighted by molar-refractivity contribution is 6.30. The molecule has 0 bridgehead atoms. The summed E-state index contributed by atoms with van der Waals surface area (Å²) in [6, 6.07) is 22.9. The van der Waals surface area contributed by atoms with Gasteiger partial charge in [0.2, 0.25) is 0 Å². The lowest BCUT2D eigenvalue weighted by molar-refractivity contribution is 0.482. The molecule has 1 nitrogen and oxygen atoms in total. The van der Waals surface area contributed by atoms with Crippen molar-refractivity contribution in [2.24, 2.45) is 0 Å². The Kier molecular flexibility index (Phi) is 1.90. The van der Waals surface area contributed by atoms with E-state index in [-0.39, 0.29) is 0 Å². The number of hydrogen-bond acceptors (Lipinski definition) is 1. The Morgan fingerprint density at radius 2 is 1.33 bits per heavy atom. The van der Waals surface area contributed by atoms with Crippen molar-refractivity contribution in [3.05, 3.63) is 66.7 Å². The standard InChI is InChI=1S/C20H12O/c21-18-11-14-6-3-5-12-8-9-16-15-7-2-1-4-13(15)10-17(18)20(16)19(12)14/h1-11,21H. The molecular formula is C20H12O. The predicted octanol–water partition coefficient (Wildman–Crippen LogP) is 5.44. The van der Waals surface area contributed by atoms with E-state index in [0.717, 1.165) is 10.8 Å². The number of aromatic hydroxyl groups is 1. The summed E-state index contributed by atoms with van der Waals surface area (Å²) in [5, 5.41) is 19.7. The van der Waals surface area contributed by atoms with Gasteiger partial charge in [0, 0.05) is 10.8 Å². The van der Waals surface area contributed by atoms with Crippen molar-refractivity contribution in [2.75, 3.05) is 0 Å². The van der Waals surface area contributed by atoms with Crippen molar-refractivity contribution in [3.63, 3.8) is 0 Å². The van der Waals surface area contributed by atoms with E-state index in [9.17, 15) is 5.11 Å². The summed E-state index contributed by atoms with van der Waals surface area (Å²) in [6.07, 6.45) is 0. The topological polar surface area (TPSA) is 20.2 Å². The van der Waals surface area contributed by atoms with Crippen LogP contribution in [0.5, 0.6) is 5.75 Å². The summed E-state index contributed by atoms with van der Waals surface area (Å²) < 4.78 is 0. The Hall–Kier alpha value is -2.80. The Bertz CT molecular complexity index is 1140. The van der Waals surface area contributed by atoms with Gasteiger partial charge in [-0.3, -0.25) is 0 Å². The third kappa shape index (κ3) is 1.30. The highest BCUT2D eigenvalue weighted by Gasteiger charge is 2.13. The van der Waals surface area contributed by atoms with Crippen molar-refractivity contribution in [1.82, 2.24) is 0 Å². The molecule has 0 saturated heterocycles. The van der Waals surface area contributed by atoms with Gasteiger partial charge in [-0.25, -0.2) is 0 Å². The minimum Gasteiger partial charge on any atom is -0.507 e. The zero-order chi connectivity index (χ0) is 14.0. The molecule has 98 valence electrons. The van der Waals surface area contributed by atoms with Gasteiger partial charge in [0.15, 0.2) is 0 Å². The predicted molar refractivity (Wildman–Crippen MR) is 89.3 cm³/mol.